The number of hydrogen-bond acceptors (Lipinski definition) is 6. The Labute approximate surface area is 177 Å². The number of benzene rings is 2. The number of nitrogens with one attached hydrogen (secondary N) is 2. The molecule has 0 aliphatic carbocycles. The second-order valence-electron chi connectivity index (χ2n) is 7.92. The van der Waals surface area contributed by atoms with Crippen molar-refractivity contribution in [2.24, 2.45) is 0 Å². The van der Waals surface area contributed by atoms with E-state index in [9.17, 15) is 5.26 Å². The topological polar surface area (TPSA) is 82.9 Å². The summed E-state index contributed by atoms with van der Waals surface area (Å²) in [6, 6.07) is 14.2. The maximum absolute atomic E-state index is 9.70. The van der Waals surface area contributed by atoms with Crippen molar-refractivity contribution in [2.45, 2.75) is 32.6 Å². The smallest absolute Gasteiger partial charge is 0.227 e. The zero-order valence-corrected chi connectivity index (χ0v) is 17.7. The average Bonchev–Trinajstić information content (AvgIpc) is 3.12. The fourth-order valence-corrected chi connectivity index (χ4v) is 3.84. The highest BCUT2D eigenvalue weighted by molar-refractivity contribution is 5.76. The first-order valence-corrected chi connectivity index (χ1v) is 10.0. The Hall–Kier alpha value is -3.59. The Kier molecular flexibility index (Phi) is 5.04. The minimum atomic E-state index is 0.000316. The molecule has 1 aliphatic rings. The van der Waals surface area contributed by atoms with E-state index in [0.717, 1.165) is 46.9 Å². The predicted octanol–water partition coefficient (Wildman–Crippen LogP) is 5.17. The number of anilines is 3. The zero-order chi connectivity index (χ0) is 21.3. The minimum Gasteiger partial charge on any atom is -0.495 e. The van der Waals surface area contributed by atoms with Crippen LogP contribution >= 0.6 is 0 Å². The molecule has 152 valence electrons. The molecule has 0 radical (unpaired) electrons. The lowest BCUT2D eigenvalue weighted by atomic mass is 9.80. The molecule has 0 unspecified atom stereocenters. The Morgan fingerprint density at radius 3 is 2.83 bits per heavy atom. The third-order valence-electron chi connectivity index (χ3n) is 5.90. The van der Waals surface area contributed by atoms with Crippen LogP contribution in [0, 0.1) is 18.3 Å². The standard InChI is InChI=1S/C24H25N5O/c1-5-24(3)14-27-22-17(13-25)11-16(12-18(22)24)19-8-9-26-23(28-19)29-20-7-6-15(2)10-21(20)30-4/h6-12,27H,5,14H2,1-4H3,(H,26,28,29)/t24-/m0/s1. The Bertz CT molecular complexity index is 1150. The van der Waals surface area contributed by atoms with E-state index in [4.69, 9.17) is 9.72 Å². The maximum atomic E-state index is 9.70. The summed E-state index contributed by atoms with van der Waals surface area (Å²) in [4.78, 5) is 9.07. The van der Waals surface area contributed by atoms with Crippen molar-refractivity contribution in [3.05, 3.63) is 59.3 Å². The molecule has 0 saturated heterocycles. The molecule has 2 aromatic carbocycles. The summed E-state index contributed by atoms with van der Waals surface area (Å²) < 4.78 is 5.47. The van der Waals surface area contributed by atoms with Crippen molar-refractivity contribution in [3.63, 3.8) is 0 Å². The van der Waals surface area contributed by atoms with Gasteiger partial charge in [-0.2, -0.15) is 5.26 Å². The van der Waals surface area contributed by atoms with Gasteiger partial charge in [-0.05, 0) is 54.8 Å². The number of aromatic nitrogens is 2. The molecule has 2 heterocycles. The van der Waals surface area contributed by atoms with Gasteiger partial charge >= 0.3 is 0 Å². The number of rotatable bonds is 5. The molecule has 30 heavy (non-hydrogen) atoms. The van der Waals surface area contributed by atoms with E-state index in [2.05, 4.69) is 41.6 Å². The number of methoxy groups -OCH3 is 1. The normalized spacial score (nSPS) is 17.0. The van der Waals surface area contributed by atoms with E-state index >= 15 is 0 Å². The summed E-state index contributed by atoms with van der Waals surface area (Å²) in [6.45, 7) is 7.26. The van der Waals surface area contributed by atoms with Crippen LogP contribution < -0.4 is 15.4 Å². The van der Waals surface area contributed by atoms with Crippen molar-refractivity contribution < 1.29 is 4.74 Å². The molecule has 6 nitrogen and oxygen atoms in total. The van der Waals surface area contributed by atoms with E-state index in [1.165, 1.54) is 5.56 Å². The molecule has 0 amide bonds. The fourth-order valence-electron chi connectivity index (χ4n) is 3.84. The van der Waals surface area contributed by atoms with Crippen LogP contribution in [0.25, 0.3) is 11.3 Å². The Morgan fingerprint density at radius 1 is 1.27 bits per heavy atom. The zero-order valence-electron chi connectivity index (χ0n) is 17.7. The lowest BCUT2D eigenvalue weighted by molar-refractivity contribution is 0.416. The Balaban J connectivity index is 1.73. The van der Waals surface area contributed by atoms with E-state index in [0.29, 0.717) is 11.5 Å². The second-order valence-corrected chi connectivity index (χ2v) is 7.92. The molecule has 6 heteroatoms. The van der Waals surface area contributed by atoms with Crippen LogP contribution in [0.2, 0.25) is 0 Å². The molecule has 0 fully saturated rings. The van der Waals surface area contributed by atoms with Crippen LogP contribution in [0.4, 0.5) is 17.3 Å². The summed E-state index contributed by atoms with van der Waals surface area (Å²) >= 11 is 0. The van der Waals surface area contributed by atoms with Gasteiger partial charge in [-0.3, -0.25) is 0 Å². The van der Waals surface area contributed by atoms with Gasteiger partial charge in [0.15, 0.2) is 0 Å². The molecular formula is C24H25N5O. The van der Waals surface area contributed by atoms with Gasteiger partial charge in [-0.25, -0.2) is 9.97 Å². The summed E-state index contributed by atoms with van der Waals surface area (Å²) in [5.74, 6) is 1.21. The van der Waals surface area contributed by atoms with Gasteiger partial charge in [0.1, 0.15) is 11.8 Å². The number of ether oxygens (including phenoxy) is 1. The average molecular weight is 399 g/mol. The molecule has 0 saturated carbocycles. The predicted molar refractivity (Wildman–Crippen MR) is 119 cm³/mol. The first-order chi connectivity index (χ1) is 14.5. The lowest BCUT2D eigenvalue weighted by Crippen LogP contribution is -2.22. The third-order valence-corrected chi connectivity index (χ3v) is 5.90. The highest BCUT2D eigenvalue weighted by atomic mass is 16.5. The van der Waals surface area contributed by atoms with Gasteiger partial charge in [-0.1, -0.05) is 19.9 Å². The highest BCUT2D eigenvalue weighted by Gasteiger charge is 2.34. The van der Waals surface area contributed by atoms with Crippen LogP contribution in [0.3, 0.4) is 0 Å². The number of aryl methyl sites for hydroxylation is 1. The molecule has 1 aromatic heterocycles. The monoisotopic (exact) mass is 399 g/mol. The molecule has 2 N–H and O–H groups in total. The van der Waals surface area contributed by atoms with Crippen LogP contribution in [0.1, 0.15) is 37.0 Å². The fraction of sp³-hybridized carbons (Fsp3) is 0.292. The van der Waals surface area contributed by atoms with Crippen molar-refractivity contribution >= 4 is 17.3 Å². The quantitative estimate of drug-likeness (QED) is 0.616. The molecule has 4 rings (SSSR count). The molecule has 0 spiro atoms. The van der Waals surface area contributed by atoms with Crippen LogP contribution in [0.5, 0.6) is 5.75 Å². The van der Waals surface area contributed by atoms with Crippen molar-refractivity contribution in [2.75, 3.05) is 24.3 Å². The van der Waals surface area contributed by atoms with Crippen molar-refractivity contribution in [1.29, 1.82) is 5.26 Å². The van der Waals surface area contributed by atoms with Crippen LogP contribution in [-0.4, -0.2) is 23.6 Å². The minimum absolute atomic E-state index is 0.000316. The molecule has 0 bridgehead atoms. The van der Waals surface area contributed by atoms with Gasteiger partial charge in [0.05, 0.1) is 29.7 Å². The largest absolute Gasteiger partial charge is 0.495 e. The van der Waals surface area contributed by atoms with Crippen molar-refractivity contribution in [3.8, 4) is 23.1 Å². The summed E-state index contributed by atoms with van der Waals surface area (Å²) in [6.07, 6.45) is 2.72. The molecule has 3 aromatic rings. The lowest BCUT2D eigenvalue weighted by Gasteiger charge is -2.22. The highest BCUT2D eigenvalue weighted by Crippen LogP contribution is 2.43. The summed E-state index contributed by atoms with van der Waals surface area (Å²) in [7, 11) is 1.64. The molecule has 1 atom stereocenters. The van der Waals surface area contributed by atoms with Crippen molar-refractivity contribution in [1.82, 2.24) is 9.97 Å². The number of hydrogen-bond donors (Lipinski definition) is 2. The maximum Gasteiger partial charge on any atom is 0.227 e. The van der Waals surface area contributed by atoms with Gasteiger partial charge < -0.3 is 15.4 Å². The van der Waals surface area contributed by atoms with E-state index in [-0.39, 0.29) is 5.41 Å². The number of nitriles is 1. The SMILES string of the molecule is CC[C@@]1(C)CNc2c(C#N)cc(-c3ccnc(Nc4ccc(C)cc4OC)n3)cc21. The van der Waals surface area contributed by atoms with Crippen LogP contribution in [0.15, 0.2) is 42.6 Å². The third kappa shape index (κ3) is 3.43. The molecular weight excluding hydrogens is 374 g/mol. The Morgan fingerprint density at radius 2 is 2.10 bits per heavy atom. The van der Waals surface area contributed by atoms with Gasteiger partial charge in [0.25, 0.3) is 0 Å². The first kappa shape index (κ1) is 19.7. The van der Waals surface area contributed by atoms with Crippen LogP contribution in [-0.2, 0) is 5.41 Å². The van der Waals surface area contributed by atoms with Gasteiger partial charge in [0.2, 0.25) is 5.95 Å². The van der Waals surface area contributed by atoms with E-state index in [1.807, 2.05) is 37.3 Å². The second kappa shape index (κ2) is 7.68. The molecule has 1 aliphatic heterocycles. The number of fused-ring (bicyclic) bond motifs is 1. The van der Waals surface area contributed by atoms with Gasteiger partial charge in [0, 0.05) is 23.7 Å². The summed E-state index contributed by atoms with van der Waals surface area (Å²) in [5, 5.41) is 16.4. The first-order valence-electron chi connectivity index (χ1n) is 10.0. The van der Waals surface area contributed by atoms with Gasteiger partial charge in [-0.15, -0.1) is 0 Å². The van der Waals surface area contributed by atoms with E-state index in [1.54, 1.807) is 13.3 Å². The number of nitrogens with zero attached hydrogens (tertiary/aromatic N) is 3. The summed E-state index contributed by atoms with van der Waals surface area (Å²) in [5.41, 5.74) is 6.36. The van der Waals surface area contributed by atoms with E-state index < -0.39 is 0 Å².